The number of aromatic nitrogens is 2. The van der Waals surface area contributed by atoms with Gasteiger partial charge in [-0.15, -0.1) is 0 Å². The van der Waals surface area contributed by atoms with Crippen LogP contribution in [-0.2, 0) is 6.42 Å². The van der Waals surface area contributed by atoms with E-state index in [-0.39, 0.29) is 5.95 Å². The first kappa shape index (κ1) is 12.6. The van der Waals surface area contributed by atoms with Crippen LogP contribution in [0.3, 0.4) is 0 Å². The zero-order chi connectivity index (χ0) is 13.7. The lowest BCUT2D eigenvalue weighted by molar-refractivity contribution is 1.15. The van der Waals surface area contributed by atoms with E-state index in [0.29, 0.717) is 18.1 Å². The molecule has 0 spiro atoms. The Morgan fingerprint density at radius 2 is 1.84 bits per heavy atom. The van der Waals surface area contributed by atoms with Crippen molar-refractivity contribution in [1.29, 1.82) is 5.26 Å². The SMILES string of the molecule is N#CCc1ccc(Nc2cc(NN)nc(N)n2)cc1. The quantitative estimate of drug-likeness (QED) is 0.477. The molecule has 19 heavy (non-hydrogen) atoms. The van der Waals surface area contributed by atoms with Gasteiger partial charge in [0.15, 0.2) is 0 Å². The third-order valence-electron chi connectivity index (χ3n) is 2.40. The number of nitrogens with one attached hydrogen (secondary N) is 2. The number of hydrogen-bond donors (Lipinski definition) is 4. The zero-order valence-corrected chi connectivity index (χ0v) is 10.1. The molecule has 96 valence electrons. The summed E-state index contributed by atoms with van der Waals surface area (Å²) in [6.45, 7) is 0. The van der Waals surface area contributed by atoms with Crippen LogP contribution in [0.25, 0.3) is 0 Å². The molecule has 6 N–H and O–H groups in total. The topological polar surface area (TPSA) is 126 Å². The van der Waals surface area contributed by atoms with Gasteiger partial charge in [-0.25, -0.2) is 5.84 Å². The van der Waals surface area contributed by atoms with Crippen LogP contribution in [0.4, 0.5) is 23.3 Å². The molecular weight excluding hydrogens is 242 g/mol. The fourth-order valence-electron chi connectivity index (χ4n) is 1.55. The van der Waals surface area contributed by atoms with Crippen LogP contribution in [0.1, 0.15) is 5.56 Å². The van der Waals surface area contributed by atoms with Crippen molar-refractivity contribution in [2.75, 3.05) is 16.5 Å². The van der Waals surface area contributed by atoms with Gasteiger partial charge < -0.3 is 16.5 Å². The fraction of sp³-hybridized carbons (Fsp3) is 0.0833. The van der Waals surface area contributed by atoms with E-state index < -0.39 is 0 Å². The molecule has 0 aliphatic heterocycles. The summed E-state index contributed by atoms with van der Waals surface area (Å²) in [6.07, 6.45) is 0.391. The molecule has 2 aromatic rings. The van der Waals surface area contributed by atoms with Crippen LogP contribution in [0, 0.1) is 11.3 Å². The van der Waals surface area contributed by atoms with Crippen molar-refractivity contribution in [1.82, 2.24) is 9.97 Å². The van der Waals surface area contributed by atoms with Gasteiger partial charge >= 0.3 is 0 Å². The van der Waals surface area contributed by atoms with Gasteiger partial charge in [-0.3, -0.25) is 0 Å². The van der Waals surface area contributed by atoms with Crippen LogP contribution in [0.5, 0.6) is 0 Å². The summed E-state index contributed by atoms with van der Waals surface area (Å²) in [5, 5.41) is 11.7. The van der Waals surface area contributed by atoms with Crippen molar-refractivity contribution < 1.29 is 0 Å². The highest BCUT2D eigenvalue weighted by Gasteiger charge is 2.02. The maximum Gasteiger partial charge on any atom is 0.223 e. The number of hydrogen-bond acceptors (Lipinski definition) is 7. The van der Waals surface area contributed by atoms with E-state index in [4.69, 9.17) is 16.8 Å². The predicted molar refractivity (Wildman–Crippen MR) is 73.3 cm³/mol. The van der Waals surface area contributed by atoms with Gasteiger partial charge in [0.25, 0.3) is 0 Å². The predicted octanol–water partition coefficient (Wildman–Crippen LogP) is 1.15. The summed E-state index contributed by atoms with van der Waals surface area (Å²) >= 11 is 0. The minimum Gasteiger partial charge on any atom is -0.368 e. The summed E-state index contributed by atoms with van der Waals surface area (Å²) in [7, 11) is 0. The highest BCUT2D eigenvalue weighted by molar-refractivity contribution is 5.60. The molecule has 0 amide bonds. The van der Waals surface area contributed by atoms with Crippen LogP contribution in [-0.4, -0.2) is 9.97 Å². The third-order valence-corrected chi connectivity index (χ3v) is 2.40. The van der Waals surface area contributed by atoms with Crippen molar-refractivity contribution in [3.05, 3.63) is 35.9 Å². The van der Waals surface area contributed by atoms with Crippen molar-refractivity contribution >= 4 is 23.3 Å². The van der Waals surface area contributed by atoms with E-state index in [1.54, 1.807) is 6.07 Å². The fourth-order valence-corrected chi connectivity index (χ4v) is 1.55. The van der Waals surface area contributed by atoms with Crippen molar-refractivity contribution in [2.24, 2.45) is 5.84 Å². The normalized spacial score (nSPS) is 9.68. The number of nitrogen functional groups attached to an aromatic ring is 2. The molecule has 1 aromatic heterocycles. The average Bonchev–Trinajstić information content (AvgIpc) is 2.40. The molecule has 7 nitrogen and oxygen atoms in total. The van der Waals surface area contributed by atoms with Crippen molar-refractivity contribution in [3.63, 3.8) is 0 Å². The van der Waals surface area contributed by atoms with Gasteiger partial charge in [0.2, 0.25) is 5.95 Å². The Morgan fingerprint density at radius 3 is 2.47 bits per heavy atom. The lowest BCUT2D eigenvalue weighted by atomic mass is 10.1. The zero-order valence-electron chi connectivity index (χ0n) is 10.1. The first-order valence-corrected chi connectivity index (χ1v) is 5.55. The van der Waals surface area contributed by atoms with E-state index in [2.05, 4.69) is 26.8 Å². The Balaban J connectivity index is 2.16. The van der Waals surface area contributed by atoms with E-state index in [0.717, 1.165) is 11.3 Å². The van der Waals surface area contributed by atoms with Crippen LogP contribution < -0.4 is 22.3 Å². The molecule has 0 atom stereocenters. The van der Waals surface area contributed by atoms with E-state index in [9.17, 15) is 0 Å². The molecule has 0 aliphatic carbocycles. The van der Waals surface area contributed by atoms with Gasteiger partial charge in [-0.1, -0.05) is 12.1 Å². The highest BCUT2D eigenvalue weighted by Crippen LogP contribution is 2.18. The molecule has 0 bridgehead atoms. The molecule has 0 fully saturated rings. The van der Waals surface area contributed by atoms with Gasteiger partial charge in [-0.2, -0.15) is 15.2 Å². The Labute approximate surface area is 110 Å². The van der Waals surface area contributed by atoms with E-state index in [1.807, 2.05) is 24.3 Å². The Hall–Kier alpha value is -2.85. The Morgan fingerprint density at radius 1 is 1.16 bits per heavy atom. The molecule has 0 aliphatic rings. The van der Waals surface area contributed by atoms with Gasteiger partial charge in [0, 0.05) is 11.8 Å². The second kappa shape index (κ2) is 5.66. The number of hydrazine groups is 1. The summed E-state index contributed by atoms with van der Waals surface area (Å²) in [4.78, 5) is 7.93. The molecule has 1 heterocycles. The molecule has 0 saturated heterocycles. The Kier molecular flexibility index (Phi) is 3.75. The number of nitrogens with two attached hydrogens (primary N) is 2. The summed E-state index contributed by atoms with van der Waals surface area (Å²) in [5.41, 5.74) is 9.76. The van der Waals surface area contributed by atoms with E-state index >= 15 is 0 Å². The molecule has 0 saturated carbocycles. The summed E-state index contributed by atoms with van der Waals surface area (Å²) < 4.78 is 0. The smallest absolute Gasteiger partial charge is 0.223 e. The van der Waals surface area contributed by atoms with Gasteiger partial charge in [0.05, 0.1) is 12.5 Å². The number of benzene rings is 1. The molecule has 0 unspecified atom stereocenters. The van der Waals surface area contributed by atoms with Gasteiger partial charge in [-0.05, 0) is 17.7 Å². The third kappa shape index (κ3) is 3.31. The molecule has 1 aromatic carbocycles. The maximum absolute atomic E-state index is 8.60. The standard InChI is InChI=1S/C12H13N7/c13-6-5-8-1-3-9(4-2-8)16-10-7-11(19-15)18-12(14)17-10/h1-4,7H,5,15H2,(H4,14,16,17,18,19). The molecule has 2 rings (SSSR count). The van der Waals surface area contributed by atoms with Crippen molar-refractivity contribution in [3.8, 4) is 6.07 Å². The Bertz CT molecular complexity index is 600. The van der Waals surface area contributed by atoms with E-state index in [1.165, 1.54) is 0 Å². The average molecular weight is 255 g/mol. The van der Waals surface area contributed by atoms with Crippen LogP contribution >= 0.6 is 0 Å². The second-order valence-electron chi connectivity index (χ2n) is 3.80. The first-order chi connectivity index (χ1) is 9.21. The molecule has 0 radical (unpaired) electrons. The van der Waals surface area contributed by atoms with Gasteiger partial charge in [0.1, 0.15) is 11.6 Å². The molecule has 7 heteroatoms. The highest BCUT2D eigenvalue weighted by atomic mass is 15.3. The number of nitrogens with zero attached hydrogens (tertiary/aromatic N) is 3. The summed E-state index contributed by atoms with van der Waals surface area (Å²) in [6, 6.07) is 11.2. The van der Waals surface area contributed by atoms with Crippen LogP contribution in [0.2, 0.25) is 0 Å². The first-order valence-electron chi connectivity index (χ1n) is 5.55. The minimum atomic E-state index is 0.124. The number of rotatable bonds is 4. The van der Waals surface area contributed by atoms with Crippen molar-refractivity contribution in [2.45, 2.75) is 6.42 Å². The monoisotopic (exact) mass is 255 g/mol. The molecular formula is C12H13N7. The number of nitriles is 1. The lowest BCUT2D eigenvalue weighted by Crippen LogP contribution is -2.11. The van der Waals surface area contributed by atoms with Crippen LogP contribution in [0.15, 0.2) is 30.3 Å². The summed E-state index contributed by atoms with van der Waals surface area (Å²) in [5.74, 6) is 6.37. The maximum atomic E-state index is 8.60. The minimum absolute atomic E-state index is 0.124. The second-order valence-corrected chi connectivity index (χ2v) is 3.80. The number of anilines is 4. The lowest BCUT2D eigenvalue weighted by Gasteiger charge is -2.08. The largest absolute Gasteiger partial charge is 0.368 e.